The molecule has 1 aliphatic heterocycles. The Bertz CT molecular complexity index is 707. The first-order chi connectivity index (χ1) is 12.2. The molecule has 0 bridgehead atoms. The predicted molar refractivity (Wildman–Crippen MR) is 103 cm³/mol. The molecule has 1 aromatic heterocycles. The second-order valence-electron chi connectivity index (χ2n) is 6.49. The fraction of sp³-hybridized carbons (Fsp3) is 0.474. The average Bonchev–Trinajstić information content (AvgIpc) is 3.25. The maximum Gasteiger partial charge on any atom is 0.193 e. The number of nitrogens with zero attached hydrogens (tertiary/aromatic N) is 4. The van der Waals surface area contributed by atoms with Crippen molar-refractivity contribution in [2.75, 3.05) is 26.2 Å². The number of nitrogens with one attached hydrogen (secondary N) is 1. The SMILES string of the molecule is CCNC(=NCCc1ccc(Cl)cc1)N1CCC(c2cnn(C)c2)C1. The van der Waals surface area contributed by atoms with Crippen LogP contribution in [0.5, 0.6) is 0 Å². The first-order valence-corrected chi connectivity index (χ1v) is 9.29. The second-order valence-corrected chi connectivity index (χ2v) is 6.93. The molecule has 5 nitrogen and oxygen atoms in total. The molecule has 0 saturated carbocycles. The highest BCUT2D eigenvalue weighted by atomic mass is 35.5. The number of likely N-dealkylation sites (tertiary alicyclic amines) is 1. The van der Waals surface area contributed by atoms with Gasteiger partial charge in [0.15, 0.2) is 5.96 Å². The number of aryl methyl sites for hydroxylation is 1. The number of rotatable bonds is 5. The van der Waals surface area contributed by atoms with Crippen molar-refractivity contribution < 1.29 is 0 Å². The second kappa shape index (κ2) is 8.39. The Morgan fingerprint density at radius 3 is 2.84 bits per heavy atom. The third-order valence-corrected chi connectivity index (χ3v) is 4.85. The van der Waals surface area contributed by atoms with E-state index in [9.17, 15) is 0 Å². The number of guanidine groups is 1. The maximum atomic E-state index is 5.94. The van der Waals surface area contributed by atoms with Crippen LogP contribution in [0.15, 0.2) is 41.7 Å². The van der Waals surface area contributed by atoms with Gasteiger partial charge in [-0.1, -0.05) is 23.7 Å². The summed E-state index contributed by atoms with van der Waals surface area (Å²) in [5.41, 5.74) is 2.58. The topological polar surface area (TPSA) is 45.5 Å². The van der Waals surface area contributed by atoms with Gasteiger partial charge in [0, 0.05) is 50.4 Å². The van der Waals surface area contributed by atoms with Crippen molar-refractivity contribution in [3.63, 3.8) is 0 Å². The predicted octanol–water partition coefficient (Wildman–Crippen LogP) is 3.07. The number of aromatic nitrogens is 2. The Labute approximate surface area is 154 Å². The minimum Gasteiger partial charge on any atom is -0.357 e. The van der Waals surface area contributed by atoms with Gasteiger partial charge in [-0.15, -0.1) is 0 Å². The van der Waals surface area contributed by atoms with Crippen molar-refractivity contribution >= 4 is 17.6 Å². The molecule has 0 spiro atoms. The molecule has 2 heterocycles. The summed E-state index contributed by atoms with van der Waals surface area (Å²) in [5, 5.41) is 8.51. The van der Waals surface area contributed by atoms with Crippen molar-refractivity contribution in [1.29, 1.82) is 0 Å². The van der Waals surface area contributed by atoms with Gasteiger partial charge in [-0.05, 0) is 43.0 Å². The number of aliphatic imine (C=N–C) groups is 1. The summed E-state index contributed by atoms with van der Waals surface area (Å²) < 4.78 is 1.88. The van der Waals surface area contributed by atoms with Gasteiger partial charge in [0.05, 0.1) is 6.20 Å². The van der Waals surface area contributed by atoms with Crippen LogP contribution in [0.3, 0.4) is 0 Å². The molecule has 2 aromatic rings. The third-order valence-electron chi connectivity index (χ3n) is 4.59. The van der Waals surface area contributed by atoms with Crippen LogP contribution in [0.25, 0.3) is 0 Å². The summed E-state index contributed by atoms with van der Waals surface area (Å²) >= 11 is 5.94. The quantitative estimate of drug-likeness (QED) is 0.659. The van der Waals surface area contributed by atoms with Gasteiger partial charge in [0.2, 0.25) is 0 Å². The van der Waals surface area contributed by atoms with Gasteiger partial charge in [-0.2, -0.15) is 5.10 Å². The summed E-state index contributed by atoms with van der Waals surface area (Å²) in [6.45, 7) is 5.81. The third kappa shape index (κ3) is 4.75. The number of halogens is 1. The van der Waals surface area contributed by atoms with Crippen LogP contribution in [0.1, 0.15) is 30.4 Å². The zero-order chi connectivity index (χ0) is 17.6. The van der Waals surface area contributed by atoms with E-state index in [4.69, 9.17) is 16.6 Å². The molecule has 6 heteroatoms. The van der Waals surface area contributed by atoms with E-state index in [1.54, 1.807) is 0 Å². The van der Waals surface area contributed by atoms with Gasteiger partial charge in [-0.25, -0.2) is 0 Å². The minimum absolute atomic E-state index is 0.536. The molecule has 1 atom stereocenters. The zero-order valence-corrected chi connectivity index (χ0v) is 15.7. The Hall–Kier alpha value is -2.01. The van der Waals surface area contributed by atoms with E-state index in [0.717, 1.165) is 50.0 Å². The Morgan fingerprint density at radius 1 is 1.36 bits per heavy atom. The van der Waals surface area contributed by atoms with Gasteiger partial charge < -0.3 is 10.2 Å². The van der Waals surface area contributed by atoms with E-state index in [1.165, 1.54) is 11.1 Å². The Balaban J connectivity index is 1.59. The maximum absolute atomic E-state index is 5.94. The van der Waals surface area contributed by atoms with Crippen LogP contribution in [0.4, 0.5) is 0 Å². The van der Waals surface area contributed by atoms with Crippen LogP contribution in [0.2, 0.25) is 5.02 Å². The molecule has 1 fully saturated rings. The van der Waals surface area contributed by atoms with E-state index in [2.05, 4.69) is 40.6 Å². The fourth-order valence-corrected chi connectivity index (χ4v) is 3.37. The molecule has 3 rings (SSSR count). The van der Waals surface area contributed by atoms with E-state index in [-0.39, 0.29) is 0 Å². The van der Waals surface area contributed by atoms with Gasteiger partial charge in [0.1, 0.15) is 0 Å². The lowest BCUT2D eigenvalue weighted by Gasteiger charge is -2.21. The average molecular weight is 360 g/mol. The summed E-state index contributed by atoms with van der Waals surface area (Å²) in [5.74, 6) is 1.55. The summed E-state index contributed by atoms with van der Waals surface area (Å²) in [6.07, 6.45) is 6.18. The van der Waals surface area contributed by atoms with Crippen LogP contribution in [-0.2, 0) is 13.5 Å². The van der Waals surface area contributed by atoms with E-state index >= 15 is 0 Å². The van der Waals surface area contributed by atoms with E-state index in [0.29, 0.717) is 5.92 Å². The molecule has 0 radical (unpaired) electrons. The van der Waals surface area contributed by atoms with Crippen molar-refractivity contribution in [2.24, 2.45) is 12.0 Å². The van der Waals surface area contributed by atoms with Crippen LogP contribution in [-0.4, -0.2) is 46.8 Å². The molecular weight excluding hydrogens is 334 g/mol. The van der Waals surface area contributed by atoms with Crippen LogP contribution >= 0.6 is 11.6 Å². The highest BCUT2D eigenvalue weighted by Crippen LogP contribution is 2.26. The molecule has 1 aromatic carbocycles. The molecule has 0 aliphatic carbocycles. The molecule has 134 valence electrons. The number of hydrogen-bond acceptors (Lipinski definition) is 2. The van der Waals surface area contributed by atoms with Crippen LogP contribution < -0.4 is 5.32 Å². The van der Waals surface area contributed by atoms with E-state index < -0.39 is 0 Å². The van der Waals surface area contributed by atoms with Crippen molar-refractivity contribution in [1.82, 2.24) is 20.0 Å². The lowest BCUT2D eigenvalue weighted by atomic mass is 10.0. The molecule has 1 unspecified atom stereocenters. The van der Waals surface area contributed by atoms with Gasteiger partial charge in [-0.3, -0.25) is 9.67 Å². The normalized spacial score (nSPS) is 18.0. The number of benzene rings is 1. The fourth-order valence-electron chi connectivity index (χ4n) is 3.24. The first-order valence-electron chi connectivity index (χ1n) is 8.92. The molecule has 1 aliphatic rings. The monoisotopic (exact) mass is 359 g/mol. The molecular formula is C19H26ClN5. The lowest BCUT2D eigenvalue weighted by Crippen LogP contribution is -2.40. The Kier molecular flexibility index (Phi) is 5.97. The van der Waals surface area contributed by atoms with Crippen molar-refractivity contribution in [3.05, 3.63) is 52.8 Å². The highest BCUT2D eigenvalue weighted by Gasteiger charge is 2.26. The summed E-state index contributed by atoms with van der Waals surface area (Å²) in [4.78, 5) is 7.19. The molecule has 25 heavy (non-hydrogen) atoms. The van der Waals surface area contributed by atoms with Crippen molar-refractivity contribution in [2.45, 2.75) is 25.7 Å². The first kappa shape index (κ1) is 17.8. The zero-order valence-electron chi connectivity index (χ0n) is 15.0. The summed E-state index contributed by atoms with van der Waals surface area (Å²) in [6, 6.07) is 8.01. The lowest BCUT2D eigenvalue weighted by molar-refractivity contribution is 0.486. The largest absolute Gasteiger partial charge is 0.357 e. The summed E-state index contributed by atoms with van der Waals surface area (Å²) in [7, 11) is 1.97. The van der Waals surface area contributed by atoms with Crippen LogP contribution in [0, 0.1) is 0 Å². The smallest absolute Gasteiger partial charge is 0.193 e. The molecule has 0 amide bonds. The molecule has 1 saturated heterocycles. The van der Waals surface area contributed by atoms with Gasteiger partial charge in [0.25, 0.3) is 0 Å². The number of hydrogen-bond donors (Lipinski definition) is 1. The molecule has 1 N–H and O–H groups in total. The standard InChI is InChI=1S/C19H26ClN5/c1-3-21-19(22-10-8-15-4-6-18(20)7-5-15)25-11-9-16(14-25)17-12-23-24(2)13-17/h4-7,12-13,16H,3,8-11,14H2,1-2H3,(H,21,22). The van der Waals surface area contributed by atoms with E-state index in [1.807, 2.05) is 30.1 Å². The Morgan fingerprint density at radius 2 is 2.16 bits per heavy atom. The van der Waals surface area contributed by atoms with Gasteiger partial charge >= 0.3 is 0 Å². The van der Waals surface area contributed by atoms with Crippen molar-refractivity contribution in [3.8, 4) is 0 Å². The highest BCUT2D eigenvalue weighted by molar-refractivity contribution is 6.30. The minimum atomic E-state index is 0.536.